The molecule has 0 radical (unpaired) electrons. The molecule has 34 heavy (non-hydrogen) atoms. The van der Waals surface area contributed by atoms with E-state index in [9.17, 15) is 9.90 Å². The van der Waals surface area contributed by atoms with E-state index in [0.29, 0.717) is 28.7 Å². The summed E-state index contributed by atoms with van der Waals surface area (Å²) in [7, 11) is 0. The van der Waals surface area contributed by atoms with E-state index in [1.54, 1.807) is 19.2 Å². The highest BCUT2D eigenvalue weighted by molar-refractivity contribution is 6.05. The molecule has 0 saturated heterocycles. The number of carbonyl (C=O) groups excluding carboxylic acids is 1. The molecule has 1 fully saturated rings. The van der Waals surface area contributed by atoms with Crippen LogP contribution in [0.1, 0.15) is 59.4 Å². The summed E-state index contributed by atoms with van der Waals surface area (Å²) in [4.78, 5) is 26.9. The maximum absolute atomic E-state index is 13.5. The molecule has 1 unspecified atom stereocenters. The van der Waals surface area contributed by atoms with Crippen LogP contribution in [0.5, 0.6) is 0 Å². The number of hydrogen-bond donors (Lipinski definition) is 3. The molecular formula is C25H26N6O3. The SMILES string of the molecule is Cc1noc(C(NC(=O)c2cccc3cnc(N[C@H]4CC[C@H](O)CC4)nc23)c2ccccc2)n1. The van der Waals surface area contributed by atoms with E-state index in [4.69, 9.17) is 4.52 Å². The summed E-state index contributed by atoms with van der Waals surface area (Å²) >= 11 is 0. The molecule has 1 atom stereocenters. The number of nitrogens with zero attached hydrogens (tertiary/aromatic N) is 4. The molecule has 2 aromatic carbocycles. The summed E-state index contributed by atoms with van der Waals surface area (Å²) in [6.45, 7) is 1.74. The van der Waals surface area contributed by atoms with Crippen molar-refractivity contribution in [3.05, 3.63) is 77.6 Å². The van der Waals surface area contributed by atoms with Crippen molar-refractivity contribution in [2.24, 2.45) is 0 Å². The number of aliphatic hydroxyl groups is 1. The Labute approximate surface area is 196 Å². The zero-order valence-corrected chi connectivity index (χ0v) is 18.8. The van der Waals surface area contributed by atoms with Crippen LogP contribution in [0.3, 0.4) is 0 Å². The fourth-order valence-electron chi connectivity index (χ4n) is 4.28. The van der Waals surface area contributed by atoms with Crippen LogP contribution >= 0.6 is 0 Å². The Bertz CT molecular complexity index is 1280. The Kier molecular flexibility index (Phi) is 6.18. The van der Waals surface area contributed by atoms with Crippen molar-refractivity contribution in [3.8, 4) is 0 Å². The Morgan fingerprint density at radius 2 is 1.85 bits per heavy atom. The van der Waals surface area contributed by atoms with E-state index in [-0.39, 0.29) is 18.1 Å². The maximum Gasteiger partial charge on any atom is 0.254 e. The van der Waals surface area contributed by atoms with Crippen molar-refractivity contribution < 1.29 is 14.4 Å². The minimum atomic E-state index is -0.599. The van der Waals surface area contributed by atoms with Crippen LogP contribution in [0.2, 0.25) is 0 Å². The fraction of sp³-hybridized carbons (Fsp3) is 0.320. The second-order valence-corrected chi connectivity index (χ2v) is 8.58. The van der Waals surface area contributed by atoms with Crippen LogP contribution in [0.25, 0.3) is 10.9 Å². The monoisotopic (exact) mass is 458 g/mol. The highest BCUT2D eigenvalue weighted by Crippen LogP contribution is 2.25. The number of anilines is 1. The minimum Gasteiger partial charge on any atom is -0.393 e. The number of hydrogen-bond acceptors (Lipinski definition) is 8. The van der Waals surface area contributed by atoms with E-state index < -0.39 is 6.04 Å². The van der Waals surface area contributed by atoms with Crippen molar-refractivity contribution in [2.75, 3.05) is 5.32 Å². The lowest BCUT2D eigenvalue weighted by molar-refractivity contribution is 0.0938. The number of para-hydroxylation sites is 1. The molecule has 9 nitrogen and oxygen atoms in total. The lowest BCUT2D eigenvalue weighted by Gasteiger charge is -2.26. The van der Waals surface area contributed by atoms with Crippen molar-refractivity contribution >= 4 is 22.8 Å². The summed E-state index contributed by atoms with van der Waals surface area (Å²) in [6, 6.07) is 14.5. The van der Waals surface area contributed by atoms with E-state index in [2.05, 4.69) is 30.7 Å². The molecule has 1 amide bonds. The first-order valence-electron chi connectivity index (χ1n) is 11.4. The summed E-state index contributed by atoms with van der Waals surface area (Å²) in [5.41, 5.74) is 1.82. The number of benzene rings is 2. The second-order valence-electron chi connectivity index (χ2n) is 8.58. The quantitative estimate of drug-likeness (QED) is 0.400. The smallest absolute Gasteiger partial charge is 0.254 e. The highest BCUT2D eigenvalue weighted by Gasteiger charge is 2.25. The Balaban J connectivity index is 1.43. The van der Waals surface area contributed by atoms with Crippen LogP contribution in [-0.2, 0) is 0 Å². The first-order valence-corrected chi connectivity index (χ1v) is 11.4. The molecule has 2 aromatic heterocycles. The van der Waals surface area contributed by atoms with Crippen LogP contribution in [0.4, 0.5) is 5.95 Å². The standard InChI is InChI=1S/C25H26N6O3/c1-15-27-24(34-31-15)22(16-6-3-2-4-7-16)29-23(33)20-9-5-8-17-14-26-25(30-21(17)20)28-18-10-12-19(32)13-11-18/h2-9,14,18-19,22,32H,10-13H2,1H3,(H,29,33)(H,26,28,30)/t18-,19-,22?. The predicted molar refractivity (Wildman–Crippen MR) is 126 cm³/mol. The van der Waals surface area contributed by atoms with Gasteiger partial charge in [0.1, 0.15) is 6.04 Å². The fourth-order valence-corrected chi connectivity index (χ4v) is 4.28. The number of aliphatic hydroxyl groups excluding tert-OH is 1. The minimum absolute atomic E-state index is 0.199. The Hall–Kier alpha value is -3.85. The average Bonchev–Trinajstić information content (AvgIpc) is 3.30. The third kappa shape index (κ3) is 4.74. The molecule has 1 saturated carbocycles. The van der Waals surface area contributed by atoms with Gasteiger partial charge in [0, 0.05) is 17.6 Å². The van der Waals surface area contributed by atoms with Gasteiger partial charge in [0.05, 0.1) is 17.2 Å². The molecule has 4 aromatic rings. The van der Waals surface area contributed by atoms with Crippen LogP contribution in [0.15, 0.2) is 59.3 Å². The number of fused-ring (bicyclic) bond motifs is 1. The van der Waals surface area contributed by atoms with Crippen molar-refractivity contribution in [1.29, 1.82) is 0 Å². The van der Waals surface area contributed by atoms with Crippen LogP contribution < -0.4 is 10.6 Å². The first-order chi connectivity index (χ1) is 16.6. The van der Waals surface area contributed by atoms with Gasteiger partial charge in [-0.05, 0) is 44.2 Å². The molecule has 3 N–H and O–H groups in total. The average molecular weight is 459 g/mol. The molecule has 174 valence electrons. The van der Waals surface area contributed by atoms with E-state index >= 15 is 0 Å². The lowest BCUT2D eigenvalue weighted by Crippen LogP contribution is -2.30. The van der Waals surface area contributed by atoms with Gasteiger partial charge in [0.15, 0.2) is 5.82 Å². The van der Waals surface area contributed by atoms with Crippen molar-refractivity contribution in [2.45, 2.75) is 50.8 Å². The number of carbonyl (C=O) groups is 1. The molecule has 0 spiro atoms. The van der Waals surface area contributed by atoms with Gasteiger partial charge in [0.2, 0.25) is 5.95 Å². The van der Waals surface area contributed by atoms with E-state index in [1.165, 1.54) is 0 Å². The zero-order valence-electron chi connectivity index (χ0n) is 18.8. The molecule has 0 bridgehead atoms. The predicted octanol–water partition coefficient (Wildman–Crippen LogP) is 3.56. The van der Waals surface area contributed by atoms with E-state index in [1.807, 2.05) is 42.5 Å². The van der Waals surface area contributed by atoms with Gasteiger partial charge in [-0.25, -0.2) is 9.97 Å². The van der Waals surface area contributed by atoms with Gasteiger partial charge >= 0.3 is 0 Å². The Morgan fingerprint density at radius 1 is 1.06 bits per heavy atom. The third-order valence-electron chi connectivity index (χ3n) is 6.08. The van der Waals surface area contributed by atoms with Gasteiger partial charge in [0.25, 0.3) is 11.8 Å². The summed E-state index contributed by atoms with van der Waals surface area (Å²) in [6.07, 6.45) is 4.71. The topological polar surface area (TPSA) is 126 Å². The van der Waals surface area contributed by atoms with Gasteiger partial charge in [-0.15, -0.1) is 0 Å². The second kappa shape index (κ2) is 9.56. The van der Waals surface area contributed by atoms with Gasteiger partial charge < -0.3 is 20.3 Å². The maximum atomic E-state index is 13.5. The number of nitrogens with one attached hydrogen (secondary N) is 2. The van der Waals surface area contributed by atoms with Crippen LogP contribution in [-0.4, -0.2) is 43.3 Å². The molecule has 0 aliphatic heterocycles. The lowest BCUT2D eigenvalue weighted by atomic mass is 9.93. The highest BCUT2D eigenvalue weighted by atomic mass is 16.5. The molecule has 5 rings (SSSR count). The largest absolute Gasteiger partial charge is 0.393 e. The summed E-state index contributed by atoms with van der Waals surface area (Å²) in [5.74, 6) is 0.977. The molecule has 9 heteroatoms. The summed E-state index contributed by atoms with van der Waals surface area (Å²) < 4.78 is 5.39. The number of rotatable bonds is 6. The van der Waals surface area contributed by atoms with Crippen LogP contribution in [0, 0.1) is 6.92 Å². The molecule has 2 heterocycles. The summed E-state index contributed by atoms with van der Waals surface area (Å²) in [5, 5.41) is 20.8. The normalized spacial score (nSPS) is 19.0. The molecule has 1 aliphatic carbocycles. The molecule has 1 aliphatic rings. The zero-order chi connectivity index (χ0) is 23.5. The number of aromatic nitrogens is 4. The number of aryl methyl sites for hydroxylation is 1. The Morgan fingerprint density at radius 3 is 2.59 bits per heavy atom. The van der Waals surface area contributed by atoms with Crippen molar-refractivity contribution in [1.82, 2.24) is 25.4 Å². The van der Waals surface area contributed by atoms with Gasteiger partial charge in [-0.1, -0.05) is 47.6 Å². The third-order valence-corrected chi connectivity index (χ3v) is 6.08. The first kappa shape index (κ1) is 22.0. The van der Waals surface area contributed by atoms with E-state index in [0.717, 1.165) is 36.6 Å². The van der Waals surface area contributed by atoms with Gasteiger partial charge in [-0.2, -0.15) is 4.98 Å². The molecular weight excluding hydrogens is 432 g/mol. The number of amides is 1. The van der Waals surface area contributed by atoms with Gasteiger partial charge in [-0.3, -0.25) is 4.79 Å². The van der Waals surface area contributed by atoms with Crippen molar-refractivity contribution in [3.63, 3.8) is 0 Å².